The number of carbonyl (C=O) groups excluding carboxylic acids is 3. The molecular formula is C18H20N2O3. The number of hydrogen-bond acceptors (Lipinski definition) is 3. The summed E-state index contributed by atoms with van der Waals surface area (Å²) in [5.41, 5.74) is 2.03. The fraction of sp³-hybridized carbons (Fsp3) is 0.167. The van der Waals surface area contributed by atoms with Gasteiger partial charge in [-0.05, 0) is 12.1 Å². The second-order valence-corrected chi connectivity index (χ2v) is 4.37. The van der Waals surface area contributed by atoms with E-state index in [1.165, 1.54) is 11.5 Å². The molecular weight excluding hydrogens is 292 g/mol. The largest absolute Gasteiger partial charge is 0.367 e. The van der Waals surface area contributed by atoms with Crippen LogP contribution in [0.3, 0.4) is 0 Å². The number of H-pyrrole nitrogens is 1. The Labute approximate surface area is 134 Å². The van der Waals surface area contributed by atoms with Crippen LogP contribution in [0.1, 0.15) is 46.3 Å². The molecule has 0 atom stereocenters. The predicted molar refractivity (Wildman–Crippen MR) is 91.2 cm³/mol. The maximum absolute atomic E-state index is 11.2. The zero-order valence-corrected chi connectivity index (χ0v) is 13.4. The minimum Gasteiger partial charge on any atom is -0.367 e. The van der Waals surface area contributed by atoms with Crippen molar-refractivity contribution >= 4 is 29.4 Å². The number of hydrogen-bond donors (Lipinski definition) is 1. The van der Waals surface area contributed by atoms with Gasteiger partial charge in [0.1, 0.15) is 0 Å². The number of benzene rings is 1. The molecule has 5 heteroatoms. The summed E-state index contributed by atoms with van der Waals surface area (Å²) < 4.78 is 1.49. The predicted octanol–water partition coefficient (Wildman–Crippen LogP) is 3.97. The van der Waals surface area contributed by atoms with Crippen molar-refractivity contribution in [2.75, 3.05) is 0 Å². The third-order valence-corrected chi connectivity index (χ3v) is 2.97. The van der Waals surface area contributed by atoms with Crippen LogP contribution in [0.2, 0.25) is 0 Å². The van der Waals surface area contributed by atoms with Crippen molar-refractivity contribution in [2.24, 2.45) is 0 Å². The molecule has 0 bridgehead atoms. The Balaban J connectivity index is 0.000000247. The maximum Gasteiger partial charge on any atom is 0.227 e. The standard InChI is InChI=1S/C11H9NO2.C5H5NO.C2H6/c1-8(14)12-6-9(7-13)10-4-2-3-5-11(10)12;7-4-5-1-2-6-3-5;1-2/h2-7H,1H3;1-4,6H;1-2H3. The minimum absolute atomic E-state index is 0.0886. The van der Waals surface area contributed by atoms with Crippen molar-refractivity contribution in [1.29, 1.82) is 0 Å². The van der Waals surface area contributed by atoms with E-state index in [0.717, 1.165) is 23.5 Å². The SMILES string of the molecule is CC.CC(=O)n1cc(C=O)c2ccccc21.O=Cc1cc[nH]c1. The van der Waals surface area contributed by atoms with E-state index >= 15 is 0 Å². The molecule has 3 rings (SSSR count). The number of para-hydroxylation sites is 1. The normalized spacial score (nSPS) is 9.17. The first-order valence-electron chi connectivity index (χ1n) is 7.31. The van der Waals surface area contributed by atoms with Gasteiger partial charge in [0.25, 0.3) is 0 Å². The van der Waals surface area contributed by atoms with Crippen molar-refractivity contribution < 1.29 is 14.4 Å². The van der Waals surface area contributed by atoms with Crippen LogP contribution in [0.5, 0.6) is 0 Å². The smallest absolute Gasteiger partial charge is 0.227 e. The quantitative estimate of drug-likeness (QED) is 0.728. The van der Waals surface area contributed by atoms with Gasteiger partial charge in [-0.2, -0.15) is 0 Å². The van der Waals surface area contributed by atoms with Crippen LogP contribution in [-0.4, -0.2) is 28.0 Å². The summed E-state index contributed by atoms with van der Waals surface area (Å²) in [4.78, 5) is 34.6. The molecule has 1 N–H and O–H groups in total. The van der Waals surface area contributed by atoms with Gasteiger partial charge in [-0.15, -0.1) is 0 Å². The molecule has 1 aromatic carbocycles. The molecule has 0 fully saturated rings. The average Bonchev–Trinajstić information content (AvgIpc) is 3.24. The van der Waals surface area contributed by atoms with Gasteiger partial charge < -0.3 is 4.98 Å². The molecule has 0 aliphatic heterocycles. The lowest BCUT2D eigenvalue weighted by Gasteiger charge is -1.96. The Bertz CT molecular complexity index is 771. The fourth-order valence-corrected chi connectivity index (χ4v) is 1.97. The third kappa shape index (κ3) is 4.51. The Kier molecular flexibility index (Phi) is 7.20. The van der Waals surface area contributed by atoms with Gasteiger partial charge in [-0.25, -0.2) is 0 Å². The molecule has 2 aromatic heterocycles. The van der Waals surface area contributed by atoms with E-state index in [-0.39, 0.29) is 5.91 Å². The van der Waals surface area contributed by atoms with Crippen molar-refractivity contribution in [2.45, 2.75) is 20.8 Å². The lowest BCUT2D eigenvalue weighted by atomic mass is 10.2. The number of nitrogens with zero attached hydrogens (tertiary/aromatic N) is 1. The lowest BCUT2D eigenvalue weighted by molar-refractivity contribution is 0.0941. The van der Waals surface area contributed by atoms with Gasteiger partial charge in [0, 0.05) is 42.0 Å². The summed E-state index contributed by atoms with van der Waals surface area (Å²) in [5, 5.41) is 0.817. The first-order chi connectivity index (χ1) is 11.2. The molecule has 0 saturated heterocycles. The highest BCUT2D eigenvalue weighted by Crippen LogP contribution is 2.19. The number of nitrogens with one attached hydrogen (secondary N) is 1. The van der Waals surface area contributed by atoms with Crippen LogP contribution in [0.25, 0.3) is 10.9 Å². The van der Waals surface area contributed by atoms with E-state index in [2.05, 4.69) is 4.98 Å². The summed E-state index contributed by atoms with van der Waals surface area (Å²) in [6.07, 6.45) is 6.50. The molecule has 0 aliphatic carbocycles. The average molecular weight is 312 g/mol. The summed E-state index contributed by atoms with van der Waals surface area (Å²) in [6.45, 7) is 5.47. The zero-order valence-electron chi connectivity index (χ0n) is 13.4. The second-order valence-electron chi connectivity index (χ2n) is 4.37. The fourth-order valence-electron chi connectivity index (χ4n) is 1.97. The summed E-state index contributed by atoms with van der Waals surface area (Å²) in [7, 11) is 0. The highest BCUT2D eigenvalue weighted by atomic mass is 16.1. The Morgan fingerprint density at radius 2 is 1.78 bits per heavy atom. The number of aromatic nitrogens is 2. The van der Waals surface area contributed by atoms with Crippen LogP contribution in [0.15, 0.2) is 48.9 Å². The van der Waals surface area contributed by atoms with Crippen molar-refractivity contribution in [3.8, 4) is 0 Å². The minimum atomic E-state index is -0.0886. The highest BCUT2D eigenvalue weighted by Gasteiger charge is 2.08. The van der Waals surface area contributed by atoms with E-state index in [9.17, 15) is 14.4 Å². The van der Waals surface area contributed by atoms with Gasteiger partial charge in [0.2, 0.25) is 5.91 Å². The molecule has 2 heterocycles. The molecule has 0 unspecified atom stereocenters. The highest BCUT2D eigenvalue weighted by molar-refractivity contribution is 6.01. The number of rotatable bonds is 2. The third-order valence-electron chi connectivity index (χ3n) is 2.97. The van der Waals surface area contributed by atoms with E-state index in [4.69, 9.17) is 0 Å². The Morgan fingerprint density at radius 3 is 2.26 bits per heavy atom. The van der Waals surface area contributed by atoms with Crippen LogP contribution in [-0.2, 0) is 0 Å². The van der Waals surface area contributed by atoms with Crippen molar-refractivity contribution in [3.05, 3.63) is 60.0 Å². The van der Waals surface area contributed by atoms with E-state index in [0.29, 0.717) is 11.1 Å². The number of aromatic amines is 1. The van der Waals surface area contributed by atoms with Crippen LogP contribution < -0.4 is 0 Å². The zero-order chi connectivity index (χ0) is 17.2. The monoisotopic (exact) mass is 312 g/mol. The van der Waals surface area contributed by atoms with E-state index in [1.54, 1.807) is 24.7 Å². The molecule has 0 amide bonds. The van der Waals surface area contributed by atoms with Gasteiger partial charge in [0.05, 0.1) is 5.52 Å². The first-order valence-corrected chi connectivity index (χ1v) is 7.31. The molecule has 23 heavy (non-hydrogen) atoms. The van der Waals surface area contributed by atoms with Gasteiger partial charge in [0.15, 0.2) is 12.6 Å². The molecule has 5 nitrogen and oxygen atoms in total. The molecule has 0 aliphatic rings. The van der Waals surface area contributed by atoms with Crippen LogP contribution in [0, 0.1) is 0 Å². The van der Waals surface area contributed by atoms with Crippen LogP contribution >= 0.6 is 0 Å². The van der Waals surface area contributed by atoms with Gasteiger partial charge >= 0.3 is 0 Å². The second kappa shape index (κ2) is 9.15. The maximum atomic E-state index is 11.2. The molecule has 0 radical (unpaired) electrons. The van der Waals surface area contributed by atoms with Gasteiger partial charge in [-0.1, -0.05) is 32.0 Å². The number of carbonyl (C=O) groups is 3. The van der Waals surface area contributed by atoms with E-state index < -0.39 is 0 Å². The number of fused-ring (bicyclic) bond motifs is 1. The topological polar surface area (TPSA) is 71.9 Å². The lowest BCUT2D eigenvalue weighted by Crippen LogP contribution is -2.02. The Morgan fingerprint density at radius 1 is 1.09 bits per heavy atom. The van der Waals surface area contributed by atoms with E-state index in [1.807, 2.05) is 38.1 Å². The molecule has 120 valence electrons. The molecule has 3 aromatic rings. The van der Waals surface area contributed by atoms with Gasteiger partial charge in [-0.3, -0.25) is 19.0 Å². The summed E-state index contributed by atoms with van der Waals surface area (Å²) in [5.74, 6) is -0.0886. The van der Waals surface area contributed by atoms with Crippen molar-refractivity contribution in [3.63, 3.8) is 0 Å². The first kappa shape index (κ1) is 18.1. The molecule has 0 spiro atoms. The number of aldehydes is 2. The summed E-state index contributed by atoms with van der Waals surface area (Å²) >= 11 is 0. The van der Waals surface area contributed by atoms with Crippen molar-refractivity contribution in [1.82, 2.24) is 9.55 Å². The summed E-state index contributed by atoms with van der Waals surface area (Å²) in [6, 6.07) is 9.06. The molecule has 0 saturated carbocycles. The van der Waals surface area contributed by atoms with Crippen LogP contribution in [0.4, 0.5) is 0 Å². The Hall–Kier alpha value is -2.95.